The Morgan fingerprint density at radius 2 is 1.89 bits per heavy atom. The predicted octanol–water partition coefficient (Wildman–Crippen LogP) is 2.77. The summed E-state index contributed by atoms with van der Waals surface area (Å²) in [7, 11) is 1.53. The molecule has 1 atom stereocenters. The van der Waals surface area contributed by atoms with Crippen LogP contribution in [-0.4, -0.2) is 35.0 Å². The Hall–Kier alpha value is -1.36. The van der Waals surface area contributed by atoms with Crippen LogP contribution < -0.4 is 0 Å². The van der Waals surface area contributed by atoms with Gasteiger partial charge in [-0.15, -0.1) is 0 Å². The number of amides is 1. The van der Waals surface area contributed by atoms with E-state index in [-0.39, 0.29) is 5.91 Å². The molecule has 18 heavy (non-hydrogen) atoms. The van der Waals surface area contributed by atoms with Crippen molar-refractivity contribution in [3.8, 4) is 0 Å². The van der Waals surface area contributed by atoms with Crippen molar-refractivity contribution in [2.45, 2.75) is 25.8 Å². The number of rotatable bonds is 5. The van der Waals surface area contributed by atoms with E-state index in [1.54, 1.807) is 24.3 Å². The second-order valence-corrected chi connectivity index (χ2v) is 4.98. The SMILES string of the molecule is CCCC(C(=O)O)N(C)C(=O)c1ccc(Br)cc1. The summed E-state index contributed by atoms with van der Waals surface area (Å²) >= 11 is 3.29. The smallest absolute Gasteiger partial charge is 0.326 e. The lowest BCUT2D eigenvalue weighted by Gasteiger charge is -2.24. The summed E-state index contributed by atoms with van der Waals surface area (Å²) in [6.45, 7) is 1.90. The molecular weight excluding hydrogens is 298 g/mol. The van der Waals surface area contributed by atoms with E-state index >= 15 is 0 Å². The van der Waals surface area contributed by atoms with Gasteiger partial charge in [-0.3, -0.25) is 4.79 Å². The van der Waals surface area contributed by atoms with Gasteiger partial charge in [0.05, 0.1) is 0 Å². The van der Waals surface area contributed by atoms with Crippen LogP contribution in [-0.2, 0) is 4.79 Å². The van der Waals surface area contributed by atoms with Gasteiger partial charge >= 0.3 is 5.97 Å². The number of carbonyl (C=O) groups excluding carboxylic acids is 1. The molecule has 0 aliphatic rings. The third-order valence-corrected chi connectivity index (χ3v) is 3.25. The number of carbonyl (C=O) groups is 2. The number of benzene rings is 1. The van der Waals surface area contributed by atoms with E-state index in [1.165, 1.54) is 11.9 Å². The Morgan fingerprint density at radius 1 is 1.33 bits per heavy atom. The van der Waals surface area contributed by atoms with E-state index in [4.69, 9.17) is 5.11 Å². The zero-order chi connectivity index (χ0) is 13.7. The Morgan fingerprint density at radius 3 is 2.33 bits per heavy atom. The van der Waals surface area contributed by atoms with Crippen LogP contribution in [0.2, 0.25) is 0 Å². The van der Waals surface area contributed by atoms with Crippen LogP contribution in [0.3, 0.4) is 0 Å². The standard InChI is InChI=1S/C13H16BrNO3/c1-3-4-11(13(17)18)15(2)12(16)9-5-7-10(14)8-6-9/h5-8,11H,3-4H2,1-2H3,(H,17,18). The van der Waals surface area contributed by atoms with Crippen molar-refractivity contribution >= 4 is 27.8 Å². The molecule has 4 nitrogen and oxygen atoms in total. The molecule has 0 fully saturated rings. The number of hydrogen-bond donors (Lipinski definition) is 1. The maximum Gasteiger partial charge on any atom is 0.326 e. The van der Waals surface area contributed by atoms with E-state index in [1.807, 2.05) is 6.92 Å². The minimum atomic E-state index is -0.968. The third-order valence-electron chi connectivity index (χ3n) is 2.73. The van der Waals surface area contributed by atoms with E-state index in [0.717, 1.165) is 10.9 Å². The highest BCUT2D eigenvalue weighted by Gasteiger charge is 2.26. The molecule has 1 rings (SSSR count). The summed E-state index contributed by atoms with van der Waals surface area (Å²) in [5.74, 6) is -1.24. The lowest BCUT2D eigenvalue weighted by Crippen LogP contribution is -2.42. The normalized spacial score (nSPS) is 11.9. The molecule has 1 N–H and O–H groups in total. The third kappa shape index (κ3) is 3.57. The highest BCUT2D eigenvalue weighted by atomic mass is 79.9. The summed E-state index contributed by atoms with van der Waals surface area (Å²) in [6, 6.07) is 6.10. The molecule has 1 aromatic rings. The topological polar surface area (TPSA) is 57.6 Å². The highest BCUT2D eigenvalue weighted by molar-refractivity contribution is 9.10. The molecule has 0 aliphatic heterocycles. The maximum absolute atomic E-state index is 12.1. The highest BCUT2D eigenvalue weighted by Crippen LogP contribution is 2.14. The van der Waals surface area contributed by atoms with Crippen molar-refractivity contribution in [3.63, 3.8) is 0 Å². The number of nitrogens with zero attached hydrogens (tertiary/aromatic N) is 1. The minimum absolute atomic E-state index is 0.275. The molecule has 0 aliphatic carbocycles. The van der Waals surface area contributed by atoms with Crippen molar-refractivity contribution < 1.29 is 14.7 Å². The monoisotopic (exact) mass is 313 g/mol. The van der Waals surface area contributed by atoms with E-state index < -0.39 is 12.0 Å². The fourth-order valence-electron chi connectivity index (χ4n) is 1.69. The van der Waals surface area contributed by atoms with E-state index in [9.17, 15) is 9.59 Å². The number of carboxylic acid groups (broad SMARTS) is 1. The van der Waals surface area contributed by atoms with Crippen LogP contribution in [0.1, 0.15) is 30.1 Å². The van der Waals surface area contributed by atoms with Crippen LogP contribution >= 0.6 is 15.9 Å². The predicted molar refractivity (Wildman–Crippen MR) is 72.6 cm³/mol. The summed E-state index contributed by atoms with van der Waals surface area (Å²) in [5, 5.41) is 9.11. The first-order valence-corrected chi connectivity index (χ1v) is 6.52. The van der Waals surface area contributed by atoms with Crippen molar-refractivity contribution in [1.82, 2.24) is 4.90 Å². The van der Waals surface area contributed by atoms with Crippen LogP contribution in [0.4, 0.5) is 0 Å². The average Bonchev–Trinajstić information content (AvgIpc) is 2.35. The second-order valence-electron chi connectivity index (χ2n) is 4.07. The van der Waals surface area contributed by atoms with Gasteiger partial charge in [0.25, 0.3) is 5.91 Å². The lowest BCUT2D eigenvalue weighted by molar-refractivity contribution is -0.142. The molecule has 98 valence electrons. The lowest BCUT2D eigenvalue weighted by atomic mass is 10.1. The van der Waals surface area contributed by atoms with Crippen molar-refractivity contribution in [2.24, 2.45) is 0 Å². The Labute approximate surface area is 115 Å². The summed E-state index contributed by atoms with van der Waals surface area (Å²) in [4.78, 5) is 24.5. The largest absolute Gasteiger partial charge is 0.480 e. The molecular formula is C13H16BrNO3. The minimum Gasteiger partial charge on any atom is -0.480 e. The van der Waals surface area contributed by atoms with Gasteiger partial charge in [-0.2, -0.15) is 0 Å². The number of likely N-dealkylation sites (N-methyl/N-ethyl adjacent to an activating group) is 1. The maximum atomic E-state index is 12.1. The van der Waals surface area contributed by atoms with E-state index in [2.05, 4.69) is 15.9 Å². The van der Waals surface area contributed by atoms with Gasteiger partial charge < -0.3 is 10.0 Å². The fraction of sp³-hybridized carbons (Fsp3) is 0.385. The first kappa shape index (κ1) is 14.7. The van der Waals surface area contributed by atoms with Crippen LogP contribution in [0.5, 0.6) is 0 Å². The number of aliphatic carboxylic acids is 1. The summed E-state index contributed by atoms with van der Waals surface area (Å²) < 4.78 is 0.880. The molecule has 1 unspecified atom stereocenters. The Kier molecular flexibility index (Phi) is 5.34. The molecule has 5 heteroatoms. The fourth-order valence-corrected chi connectivity index (χ4v) is 1.96. The average molecular weight is 314 g/mol. The second kappa shape index (κ2) is 6.54. The van der Waals surface area contributed by atoms with Crippen LogP contribution in [0.25, 0.3) is 0 Å². The van der Waals surface area contributed by atoms with Crippen molar-refractivity contribution in [3.05, 3.63) is 34.3 Å². The molecule has 0 saturated carbocycles. The quantitative estimate of drug-likeness (QED) is 0.909. The van der Waals surface area contributed by atoms with Gasteiger partial charge in [0.2, 0.25) is 0 Å². The number of carboxylic acids is 1. The van der Waals surface area contributed by atoms with Crippen LogP contribution in [0.15, 0.2) is 28.7 Å². The van der Waals surface area contributed by atoms with Gasteiger partial charge in [0, 0.05) is 17.1 Å². The zero-order valence-electron chi connectivity index (χ0n) is 10.4. The Balaban J connectivity index is 2.87. The van der Waals surface area contributed by atoms with Gasteiger partial charge in [-0.1, -0.05) is 29.3 Å². The molecule has 1 aromatic carbocycles. The molecule has 1 amide bonds. The number of halogens is 1. The summed E-state index contributed by atoms with van der Waals surface area (Å²) in [5.41, 5.74) is 0.489. The van der Waals surface area contributed by atoms with E-state index in [0.29, 0.717) is 12.0 Å². The molecule has 0 saturated heterocycles. The summed E-state index contributed by atoms with van der Waals surface area (Å²) in [6.07, 6.45) is 1.17. The van der Waals surface area contributed by atoms with Crippen LogP contribution in [0, 0.1) is 0 Å². The van der Waals surface area contributed by atoms with Gasteiger partial charge in [-0.25, -0.2) is 4.79 Å². The Bertz CT molecular complexity index is 430. The van der Waals surface area contributed by atoms with Gasteiger partial charge in [-0.05, 0) is 30.7 Å². The first-order valence-electron chi connectivity index (χ1n) is 5.73. The molecule has 0 bridgehead atoms. The molecule has 0 spiro atoms. The van der Waals surface area contributed by atoms with Gasteiger partial charge in [0.1, 0.15) is 6.04 Å². The molecule has 0 heterocycles. The zero-order valence-corrected chi connectivity index (χ0v) is 12.0. The van der Waals surface area contributed by atoms with Crippen molar-refractivity contribution in [1.29, 1.82) is 0 Å². The molecule has 0 radical (unpaired) electrons. The number of hydrogen-bond acceptors (Lipinski definition) is 2. The van der Waals surface area contributed by atoms with Gasteiger partial charge in [0.15, 0.2) is 0 Å². The molecule has 0 aromatic heterocycles. The first-order chi connectivity index (χ1) is 8.47. The van der Waals surface area contributed by atoms with Crippen molar-refractivity contribution in [2.75, 3.05) is 7.05 Å².